The van der Waals surface area contributed by atoms with Gasteiger partial charge in [-0.3, -0.25) is 9.69 Å². The Balaban J connectivity index is 1.36. The summed E-state index contributed by atoms with van der Waals surface area (Å²) in [6.07, 6.45) is 2.94. The molecule has 28 heavy (non-hydrogen) atoms. The highest BCUT2D eigenvalue weighted by atomic mass is 16.5. The van der Waals surface area contributed by atoms with E-state index in [9.17, 15) is 4.79 Å². The Morgan fingerprint density at radius 2 is 1.79 bits per heavy atom. The number of rotatable bonds is 8. The molecule has 0 atom stereocenters. The number of ether oxygens (including phenoxy) is 1. The van der Waals surface area contributed by atoms with Crippen LogP contribution in [0.1, 0.15) is 24.8 Å². The standard InChI is InChI=1S/C24H26N2O2/c1-28-21-13-9-18(10-14-21)17-26(20-11-12-20)16-15-24(27)25-23-8-4-6-19-5-2-3-7-22(19)23/h2-10,13-14,20H,11-12,15-17H2,1H3,(H,25,27). The Morgan fingerprint density at radius 3 is 2.54 bits per heavy atom. The van der Waals surface area contributed by atoms with Gasteiger partial charge in [-0.2, -0.15) is 0 Å². The highest BCUT2D eigenvalue weighted by Gasteiger charge is 2.29. The largest absolute Gasteiger partial charge is 0.497 e. The average molecular weight is 374 g/mol. The highest BCUT2D eigenvalue weighted by molar-refractivity contribution is 6.02. The molecule has 4 nitrogen and oxygen atoms in total. The van der Waals surface area contributed by atoms with E-state index < -0.39 is 0 Å². The molecule has 3 aromatic rings. The highest BCUT2D eigenvalue weighted by Crippen LogP contribution is 2.29. The zero-order valence-electron chi connectivity index (χ0n) is 16.2. The molecule has 3 aromatic carbocycles. The van der Waals surface area contributed by atoms with Crippen molar-refractivity contribution < 1.29 is 9.53 Å². The molecule has 0 bridgehead atoms. The van der Waals surface area contributed by atoms with Crippen molar-refractivity contribution in [3.05, 3.63) is 72.3 Å². The molecule has 1 aliphatic rings. The summed E-state index contributed by atoms with van der Waals surface area (Å²) in [7, 11) is 1.68. The molecule has 1 amide bonds. The van der Waals surface area contributed by atoms with Gasteiger partial charge in [0.25, 0.3) is 0 Å². The summed E-state index contributed by atoms with van der Waals surface area (Å²) in [5.41, 5.74) is 2.14. The van der Waals surface area contributed by atoms with Gasteiger partial charge in [0.05, 0.1) is 7.11 Å². The zero-order chi connectivity index (χ0) is 19.3. The lowest BCUT2D eigenvalue weighted by Crippen LogP contribution is -2.29. The van der Waals surface area contributed by atoms with Crippen molar-refractivity contribution in [3.8, 4) is 5.75 Å². The zero-order valence-corrected chi connectivity index (χ0v) is 16.2. The molecule has 1 saturated carbocycles. The fourth-order valence-electron chi connectivity index (χ4n) is 3.59. The van der Waals surface area contributed by atoms with Crippen LogP contribution in [0.4, 0.5) is 5.69 Å². The number of hydrogen-bond acceptors (Lipinski definition) is 3. The lowest BCUT2D eigenvalue weighted by atomic mass is 10.1. The second-order valence-electron chi connectivity index (χ2n) is 7.37. The van der Waals surface area contributed by atoms with Gasteiger partial charge in [0.15, 0.2) is 0 Å². The Morgan fingerprint density at radius 1 is 1.04 bits per heavy atom. The van der Waals surface area contributed by atoms with Crippen LogP contribution in [0, 0.1) is 0 Å². The first kappa shape index (κ1) is 18.5. The van der Waals surface area contributed by atoms with Crippen LogP contribution >= 0.6 is 0 Å². The monoisotopic (exact) mass is 374 g/mol. The van der Waals surface area contributed by atoms with Gasteiger partial charge in [-0.05, 0) is 42.0 Å². The quantitative estimate of drug-likeness (QED) is 0.613. The van der Waals surface area contributed by atoms with Crippen LogP contribution in [-0.2, 0) is 11.3 Å². The second kappa shape index (κ2) is 8.44. The fourth-order valence-corrected chi connectivity index (χ4v) is 3.59. The van der Waals surface area contributed by atoms with Gasteiger partial charge < -0.3 is 10.1 Å². The third-order valence-electron chi connectivity index (χ3n) is 5.30. The van der Waals surface area contributed by atoms with Crippen molar-refractivity contribution in [1.82, 2.24) is 4.90 Å². The molecule has 0 radical (unpaired) electrons. The van der Waals surface area contributed by atoms with Crippen LogP contribution in [0.25, 0.3) is 10.8 Å². The molecule has 0 heterocycles. The van der Waals surface area contributed by atoms with Crippen molar-refractivity contribution in [2.24, 2.45) is 0 Å². The molecule has 1 aliphatic carbocycles. The number of nitrogens with one attached hydrogen (secondary N) is 1. The topological polar surface area (TPSA) is 41.6 Å². The minimum absolute atomic E-state index is 0.0664. The molecular formula is C24H26N2O2. The predicted molar refractivity (Wildman–Crippen MR) is 114 cm³/mol. The average Bonchev–Trinajstić information content (AvgIpc) is 3.57. The smallest absolute Gasteiger partial charge is 0.225 e. The summed E-state index contributed by atoms with van der Waals surface area (Å²) in [4.78, 5) is 15.0. The van der Waals surface area contributed by atoms with Gasteiger partial charge in [0.2, 0.25) is 5.91 Å². The van der Waals surface area contributed by atoms with Crippen molar-refractivity contribution >= 4 is 22.4 Å². The number of anilines is 1. The molecule has 0 aromatic heterocycles. The third kappa shape index (κ3) is 4.52. The van der Waals surface area contributed by atoms with E-state index in [1.165, 1.54) is 18.4 Å². The number of methoxy groups -OCH3 is 1. The van der Waals surface area contributed by atoms with Gasteiger partial charge in [0.1, 0.15) is 5.75 Å². The second-order valence-corrected chi connectivity index (χ2v) is 7.37. The first-order chi connectivity index (χ1) is 13.7. The number of carbonyl (C=O) groups excluding carboxylic acids is 1. The van der Waals surface area contributed by atoms with E-state index in [-0.39, 0.29) is 5.91 Å². The van der Waals surface area contributed by atoms with Crippen LogP contribution in [0.3, 0.4) is 0 Å². The van der Waals surface area contributed by atoms with Gasteiger partial charge in [-0.25, -0.2) is 0 Å². The maximum atomic E-state index is 12.6. The third-order valence-corrected chi connectivity index (χ3v) is 5.30. The predicted octanol–water partition coefficient (Wildman–Crippen LogP) is 4.84. The first-order valence-electron chi connectivity index (χ1n) is 9.87. The summed E-state index contributed by atoms with van der Waals surface area (Å²) < 4.78 is 5.23. The van der Waals surface area contributed by atoms with E-state index in [2.05, 4.69) is 34.5 Å². The van der Waals surface area contributed by atoms with E-state index in [4.69, 9.17) is 4.74 Å². The normalized spacial score (nSPS) is 13.6. The van der Waals surface area contributed by atoms with Crippen LogP contribution in [0.5, 0.6) is 5.75 Å². The van der Waals surface area contributed by atoms with E-state index >= 15 is 0 Å². The van der Waals surface area contributed by atoms with Crippen LogP contribution in [0.15, 0.2) is 66.7 Å². The Labute approximate surface area is 166 Å². The first-order valence-corrected chi connectivity index (χ1v) is 9.87. The molecule has 0 unspecified atom stereocenters. The molecule has 1 fully saturated rings. The molecule has 1 N–H and O–H groups in total. The molecule has 4 heteroatoms. The molecule has 144 valence electrons. The van der Waals surface area contributed by atoms with Gasteiger partial charge in [-0.15, -0.1) is 0 Å². The summed E-state index contributed by atoms with van der Waals surface area (Å²) in [6.45, 7) is 1.64. The number of fused-ring (bicyclic) bond motifs is 1. The molecule has 4 rings (SSSR count). The van der Waals surface area contributed by atoms with Crippen LogP contribution in [0.2, 0.25) is 0 Å². The lowest BCUT2D eigenvalue weighted by Gasteiger charge is -2.22. The Hall–Kier alpha value is -2.85. The minimum Gasteiger partial charge on any atom is -0.497 e. The molecule has 0 aliphatic heterocycles. The van der Waals surface area contributed by atoms with Gasteiger partial charge >= 0.3 is 0 Å². The maximum Gasteiger partial charge on any atom is 0.225 e. The number of benzene rings is 3. The summed E-state index contributed by atoms with van der Waals surface area (Å²) in [6, 6.07) is 22.9. The Bertz CT molecular complexity index is 943. The van der Waals surface area contributed by atoms with Crippen LogP contribution in [-0.4, -0.2) is 30.5 Å². The molecular weight excluding hydrogens is 348 g/mol. The molecule has 0 spiro atoms. The Kier molecular flexibility index (Phi) is 5.58. The maximum absolute atomic E-state index is 12.6. The van der Waals surface area contributed by atoms with Gasteiger partial charge in [0, 0.05) is 36.6 Å². The van der Waals surface area contributed by atoms with Gasteiger partial charge in [-0.1, -0.05) is 48.5 Å². The minimum atomic E-state index is 0.0664. The SMILES string of the molecule is COc1ccc(CN(CCC(=O)Nc2cccc3ccccc23)C2CC2)cc1. The van der Waals surface area contributed by atoms with Crippen molar-refractivity contribution in [2.45, 2.75) is 31.8 Å². The van der Waals surface area contributed by atoms with Crippen molar-refractivity contribution in [1.29, 1.82) is 0 Å². The number of carbonyl (C=O) groups is 1. The van der Waals surface area contributed by atoms with E-state index in [1.54, 1.807) is 7.11 Å². The summed E-state index contributed by atoms with van der Waals surface area (Å²) in [5.74, 6) is 0.938. The van der Waals surface area contributed by atoms with E-state index in [0.29, 0.717) is 12.5 Å². The van der Waals surface area contributed by atoms with E-state index in [1.807, 2.05) is 42.5 Å². The number of hydrogen-bond donors (Lipinski definition) is 1. The van der Waals surface area contributed by atoms with Crippen molar-refractivity contribution in [2.75, 3.05) is 19.0 Å². The van der Waals surface area contributed by atoms with E-state index in [0.717, 1.165) is 35.3 Å². The molecule has 0 saturated heterocycles. The fraction of sp³-hybridized carbons (Fsp3) is 0.292. The number of amides is 1. The van der Waals surface area contributed by atoms with Crippen molar-refractivity contribution in [3.63, 3.8) is 0 Å². The lowest BCUT2D eigenvalue weighted by molar-refractivity contribution is -0.116. The van der Waals surface area contributed by atoms with Crippen LogP contribution < -0.4 is 10.1 Å². The summed E-state index contributed by atoms with van der Waals surface area (Å²) >= 11 is 0. The number of nitrogens with zero attached hydrogens (tertiary/aromatic N) is 1. The summed E-state index contributed by atoms with van der Waals surface area (Å²) in [5, 5.41) is 5.31.